The quantitative estimate of drug-likeness (QED) is 0.725. The molecule has 2 heterocycles. The Bertz CT molecular complexity index is 905. The first-order valence-electron chi connectivity index (χ1n) is 8.40. The minimum atomic E-state index is -0.496. The van der Waals surface area contributed by atoms with Crippen LogP contribution in [0.15, 0.2) is 59.0 Å². The minimum Gasteiger partial charge on any atom is -0.403 e. The normalized spacial score (nSPS) is 14.5. The maximum atomic E-state index is 13.8. The van der Waals surface area contributed by atoms with Gasteiger partial charge >= 0.3 is 6.01 Å². The van der Waals surface area contributed by atoms with E-state index in [4.69, 9.17) is 4.42 Å². The number of anilines is 1. The number of hydrogen-bond donors (Lipinski definition) is 0. The van der Waals surface area contributed by atoms with Crippen LogP contribution in [0, 0.1) is 5.82 Å². The van der Waals surface area contributed by atoms with E-state index < -0.39 is 5.82 Å². The molecule has 0 saturated carbocycles. The summed E-state index contributed by atoms with van der Waals surface area (Å²) in [5.74, 6) is -0.326. The molecule has 1 aromatic heterocycles. The fourth-order valence-corrected chi connectivity index (χ4v) is 2.95. The molecule has 0 spiro atoms. The monoisotopic (exact) mass is 352 g/mol. The number of hydrogen-bond acceptors (Lipinski definition) is 5. The number of aromatic nitrogens is 2. The molecule has 0 N–H and O–H groups in total. The number of piperazine rings is 1. The average Bonchev–Trinajstić information content (AvgIpc) is 3.19. The van der Waals surface area contributed by atoms with Gasteiger partial charge in [0, 0.05) is 31.7 Å². The van der Waals surface area contributed by atoms with E-state index in [0.29, 0.717) is 38.1 Å². The van der Waals surface area contributed by atoms with Crippen molar-refractivity contribution >= 4 is 11.9 Å². The Morgan fingerprint density at radius 2 is 1.62 bits per heavy atom. The summed E-state index contributed by atoms with van der Waals surface area (Å²) in [5, 5.41) is 8.19. The van der Waals surface area contributed by atoms with Crippen LogP contribution in [-0.2, 0) is 0 Å². The summed E-state index contributed by atoms with van der Waals surface area (Å²) in [6, 6.07) is 16.0. The third kappa shape index (κ3) is 3.15. The summed E-state index contributed by atoms with van der Waals surface area (Å²) in [4.78, 5) is 16.0. The van der Waals surface area contributed by atoms with Crippen molar-refractivity contribution in [2.24, 2.45) is 0 Å². The molecular formula is C19H17FN4O2. The highest BCUT2D eigenvalue weighted by Gasteiger charge is 2.26. The zero-order valence-electron chi connectivity index (χ0n) is 14.0. The van der Waals surface area contributed by atoms with Gasteiger partial charge in [-0.1, -0.05) is 35.4 Å². The highest BCUT2D eigenvalue weighted by Crippen LogP contribution is 2.22. The molecule has 0 unspecified atom stereocenters. The fourth-order valence-electron chi connectivity index (χ4n) is 2.95. The van der Waals surface area contributed by atoms with Gasteiger partial charge in [0.1, 0.15) is 5.82 Å². The molecule has 132 valence electrons. The number of benzene rings is 2. The molecule has 7 heteroatoms. The molecule has 1 fully saturated rings. The van der Waals surface area contributed by atoms with Crippen LogP contribution in [0.4, 0.5) is 10.4 Å². The van der Waals surface area contributed by atoms with Crippen LogP contribution in [0.25, 0.3) is 11.5 Å². The maximum absolute atomic E-state index is 13.8. The predicted octanol–water partition coefficient (Wildman–Crippen LogP) is 2.84. The largest absolute Gasteiger partial charge is 0.403 e. The number of carbonyl (C=O) groups excluding carboxylic acids is 1. The van der Waals surface area contributed by atoms with Crippen LogP contribution in [0.5, 0.6) is 0 Å². The van der Waals surface area contributed by atoms with Gasteiger partial charge in [-0.25, -0.2) is 4.39 Å². The molecule has 0 atom stereocenters. The third-order valence-corrected chi connectivity index (χ3v) is 4.38. The zero-order valence-corrected chi connectivity index (χ0v) is 14.0. The van der Waals surface area contributed by atoms with Crippen molar-refractivity contribution in [3.63, 3.8) is 0 Å². The Labute approximate surface area is 149 Å². The molecule has 4 rings (SSSR count). The second-order valence-corrected chi connectivity index (χ2v) is 6.01. The van der Waals surface area contributed by atoms with Gasteiger partial charge in [0.2, 0.25) is 5.89 Å². The van der Waals surface area contributed by atoms with Gasteiger partial charge in [0.25, 0.3) is 5.91 Å². The van der Waals surface area contributed by atoms with Crippen LogP contribution in [0.2, 0.25) is 0 Å². The maximum Gasteiger partial charge on any atom is 0.318 e. The summed E-state index contributed by atoms with van der Waals surface area (Å²) in [5.41, 5.74) is 0.963. The van der Waals surface area contributed by atoms with E-state index in [2.05, 4.69) is 10.2 Å². The molecule has 0 radical (unpaired) electrons. The Morgan fingerprint density at radius 3 is 2.35 bits per heavy atom. The number of halogens is 1. The lowest BCUT2D eigenvalue weighted by Crippen LogP contribution is -2.49. The standard InChI is InChI=1S/C19H17FN4O2/c20-16-9-5-4-8-15(16)18(25)23-10-12-24(13-11-23)19-22-21-17(26-19)14-6-2-1-3-7-14/h1-9H,10-13H2. The molecule has 6 nitrogen and oxygen atoms in total. The first-order chi connectivity index (χ1) is 12.7. The third-order valence-electron chi connectivity index (χ3n) is 4.38. The lowest BCUT2D eigenvalue weighted by molar-refractivity contribution is 0.0740. The Balaban J connectivity index is 1.42. The van der Waals surface area contributed by atoms with E-state index in [1.165, 1.54) is 12.1 Å². The van der Waals surface area contributed by atoms with E-state index in [0.717, 1.165) is 5.56 Å². The predicted molar refractivity (Wildman–Crippen MR) is 94.3 cm³/mol. The van der Waals surface area contributed by atoms with E-state index in [9.17, 15) is 9.18 Å². The molecule has 2 aromatic carbocycles. The Kier molecular flexibility index (Phi) is 4.35. The first kappa shape index (κ1) is 16.3. The van der Waals surface area contributed by atoms with Crippen molar-refractivity contribution in [1.29, 1.82) is 0 Å². The second kappa shape index (κ2) is 6.95. The molecule has 0 aliphatic carbocycles. The van der Waals surface area contributed by atoms with Gasteiger partial charge in [-0.05, 0) is 24.3 Å². The van der Waals surface area contributed by atoms with E-state index >= 15 is 0 Å². The van der Waals surface area contributed by atoms with E-state index in [1.807, 2.05) is 35.2 Å². The zero-order chi connectivity index (χ0) is 17.9. The highest BCUT2D eigenvalue weighted by atomic mass is 19.1. The van der Waals surface area contributed by atoms with Crippen molar-refractivity contribution < 1.29 is 13.6 Å². The topological polar surface area (TPSA) is 62.5 Å². The smallest absolute Gasteiger partial charge is 0.318 e. The van der Waals surface area contributed by atoms with Crippen molar-refractivity contribution in [3.05, 3.63) is 66.0 Å². The minimum absolute atomic E-state index is 0.102. The lowest BCUT2D eigenvalue weighted by atomic mass is 10.1. The molecule has 26 heavy (non-hydrogen) atoms. The first-order valence-corrected chi connectivity index (χ1v) is 8.40. The van der Waals surface area contributed by atoms with Crippen molar-refractivity contribution in [1.82, 2.24) is 15.1 Å². The Morgan fingerprint density at radius 1 is 0.923 bits per heavy atom. The van der Waals surface area contributed by atoms with Crippen LogP contribution in [0.1, 0.15) is 10.4 Å². The van der Waals surface area contributed by atoms with Gasteiger partial charge in [-0.15, -0.1) is 5.10 Å². The van der Waals surface area contributed by atoms with Crippen LogP contribution in [-0.4, -0.2) is 47.2 Å². The van der Waals surface area contributed by atoms with Crippen molar-refractivity contribution in [3.8, 4) is 11.5 Å². The summed E-state index contributed by atoms with van der Waals surface area (Å²) in [6.07, 6.45) is 0. The summed E-state index contributed by atoms with van der Waals surface area (Å²) in [7, 11) is 0. The fraction of sp³-hybridized carbons (Fsp3) is 0.211. The van der Waals surface area contributed by atoms with Gasteiger partial charge in [-0.2, -0.15) is 0 Å². The molecule has 1 saturated heterocycles. The summed E-state index contributed by atoms with van der Waals surface area (Å²) < 4.78 is 19.6. The molecule has 1 amide bonds. The average molecular weight is 352 g/mol. The van der Waals surface area contributed by atoms with E-state index in [1.54, 1.807) is 17.0 Å². The molecule has 1 aliphatic heterocycles. The number of amides is 1. The summed E-state index contributed by atoms with van der Waals surface area (Å²) in [6.45, 7) is 2.04. The van der Waals surface area contributed by atoms with Gasteiger partial charge in [0.15, 0.2) is 0 Å². The Hall–Kier alpha value is -3.22. The molecule has 0 bridgehead atoms. The SMILES string of the molecule is O=C(c1ccccc1F)N1CCN(c2nnc(-c3ccccc3)o2)CC1. The lowest BCUT2D eigenvalue weighted by Gasteiger charge is -2.33. The van der Waals surface area contributed by atoms with Gasteiger partial charge in [-0.3, -0.25) is 4.79 Å². The highest BCUT2D eigenvalue weighted by molar-refractivity contribution is 5.94. The van der Waals surface area contributed by atoms with Crippen LogP contribution in [0.3, 0.4) is 0 Å². The van der Waals surface area contributed by atoms with Crippen LogP contribution < -0.4 is 4.90 Å². The van der Waals surface area contributed by atoms with Gasteiger partial charge < -0.3 is 14.2 Å². The second-order valence-electron chi connectivity index (χ2n) is 6.01. The van der Waals surface area contributed by atoms with Crippen molar-refractivity contribution in [2.75, 3.05) is 31.1 Å². The van der Waals surface area contributed by atoms with Crippen molar-refractivity contribution in [2.45, 2.75) is 0 Å². The number of nitrogens with zero attached hydrogens (tertiary/aromatic N) is 4. The van der Waals surface area contributed by atoms with Crippen LogP contribution >= 0.6 is 0 Å². The van der Waals surface area contributed by atoms with E-state index in [-0.39, 0.29) is 11.5 Å². The summed E-state index contributed by atoms with van der Waals surface area (Å²) >= 11 is 0. The molecular weight excluding hydrogens is 335 g/mol. The molecule has 3 aromatic rings. The molecule has 1 aliphatic rings. The number of carbonyl (C=O) groups is 1. The number of rotatable bonds is 3. The van der Waals surface area contributed by atoms with Gasteiger partial charge in [0.05, 0.1) is 5.56 Å².